The SMILES string of the molecule is Fc1cc(Cl)ccc1C(Br)c1cccs1. The van der Waals surface area contributed by atoms with Crippen LogP contribution in [0.15, 0.2) is 35.7 Å². The first-order valence-electron chi connectivity index (χ1n) is 4.31. The van der Waals surface area contributed by atoms with E-state index in [-0.39, 0.29) is 10.6 Å². The first-order chi connectivity index (χ1) is 7.18. The van der Waals surface area contributed by atoms with Crippen molar-refractivity contribution >= 4 is 38.9 Å². The number of benzene rings is 1. The van der Waals surface area contributed by atoms with E-state index >= 15 is 0 Å². The molecule has 4 heteroatoms. The topological polar surface area (TPSA) is 0 Å². The highest BCUT2D eigenvalue weighted by molar-refractivity contribution is 9.09. The third-order valence-corrected chi connectivity index (χ3v) is 4.49. The van der Waals surface area contributed by atoms with Crippen molar-refractivity contribution in [2.75, 3.05) is 0 Å². The van der Waals surface area contributed by atoms with E-state index in [0.29, 0.717) is 10.6 Å². The Morgan fingerprint density at radius 2 is 2.13 bits per heavy atom. The van der Waals surface area contributed by atoms with Gasteiger partial charge in [-0.2, -0.15) is 0 Å². The molecule has 0 bridgehead atoms. The van der Waals surface area contributed by atoms with Crippen LogP contribution in [0, 0.1) is 5.82 Å². The second kappa shape index (κ2) is 4.64. The summed E-state index contributed by atoms with van der Waals surface area (Å²) in [5.74, 6) is -0.280. The number of alkyl halides is 1. The Morgan fingerprint density at radius 1 is 1.33 bits per heavy atom. The van der Waals surface area contributed by atoms with Gasteiger partial charge in [0.15, 0.2) is 0 Å². The van der Waals surface area contributed by atoms with E-state index in [1.165, 1.54) is 6.07 Å². The lowest BCUT2D eigenvalue weighted by Gasteiger charge is -2.09. The fourth-order valence-electron chi connectivity index (χ4n) is 1.30. The molecule has 0 saturated heterocycles. The van der Waals surface area contributed by atoms with Gasteiger partial charge in [0.1, 0.15) is 5.82 Å². The van der Waals surface area contributed by atoms with Gasteiger partial charge in [0.05, 0.1) is 4.83 Å². The minimum Gasteiger partial charge on any atom is -0.207 e. The Labute approximate surface area is 105 Å². The van der Waals surface area contributed by atoms with Gasteiger partial charge in [0, 0.05) is 15.5 Å². The average molecular weight is 306 g/mol. The highest BCUT2D eigenvalue weighted by Crippen LogP contribution is 2.35. The molecule has 2 aromatic rings. The van der Waals surface area contributed by atoms with Gasteiger partial charge in [-0.25, -0.2) is 4.39 Å². The van der Waals surface area contributed by atoms with Crippen LogP contribution in [0.2, 0.25) is 5.02 Å². The zero-order valence-corrected chi connectivity index (χ0v) is 10.7. The maximum atomic E-state index is 13.6. The van der Waals surface area contributed by atoms with Crippen molar-refractivity contribution in [3.05, 3.63) is 57.0 Å². The summed E-state index contributed by atoms with van der Waals surface area (Å²) in [5.41, 5.74) is 0.613. The number of rotatable bonds is 2. The third kappa shape index (κ3) is 2.41. The van der Waals surface area contributed by atoms with Gasteiger partial charge in [0.2, 0.25) is 0 Å². The highest BCUT2D eigenvalue weighted by atomic mass is 79.9. The smallest absolute Gasteiger partial charge is 0.129 e. The van der Waals surface area contributed by atoms with Crippen molar-refractivity contribution in [3.8, 4) is 0 Å². The van der Waals surface area contributed by atoms with Crippen molar-refractivity contribution in [1.29, 1.82) is 0 Å². The molecular formula is C11H7BrClFS. The molecule has 1 atom stereocenters. The van der Waals surface area contributed by atoms with Crippen LogP contribution < -0.4 is 0 Å². The summed E-state index contributed by atoms with van der Waals surface area (Å²) in [7, 11) is 0. The second-order valence-corrected chi connectivity index (χ2v) is 5.38. The first-order valence-corrected chi connectivity index (χ1v) is 6.48. The molecule has 0 saturated carbocycles. The van der Waals surface area contributed by atoms with Gasteiger partial charge in [-0.3, -0.25) is 0 Å². The quantitative estimate of drug-likeness (QED) is 0.683. The van der Waals surface area contributed by atoms with Crippen LogP contribution in [-0.2, 0) is 0 Å². The van der Waals surface area contributed by atoms with E-state index in [4.69, 9.17) is 11.6 Å². The molecule has 0 N–H and O–H groups in total. The summed E-state index contributed by atoms with van der Waals surface area (Å²) in [6.07, 6.45) is 0. The molecule has 0 aliphatic carbocycles. The minimum atomic E-state index is -0.280. The molecule has 0 aliphatic heterocycles. The normalized spacial score (nSPS) is 12.7. The second-order valence-electron chi connectivity index (χ2n) is 3.04. The molecular weight excluding hydrogens is 299 g/mol. The Hall–Kier alpha value is -0.380. The minimum absolute atomic E-state index is 0.102. The monoisotopic (exact) mass is 304 g/mol. The lowest BCUT2D eigenvalue weighted by atomic mass is 10.1. The van der Waals surface area contributed by atoms with Gasteiger partial charge < -0.3 is 0 Å². The summed E-state index contributed by atoms with van der Waals surface area (Å²) >= 11 is 10.8. The van der Waals surface area contributed by atoms with E-state index < -0.39 is 0 Å². The average Bonchev–Trinajstić information content (AvgIpc) is 2.69. The van der Waals surface area contributed by atoms with Crippen LogP contribution >= 0.6 is 38.9 Å². The first kappa shape index (κ1) is 11.1. The Morgan fingerprint density at radius 3 is 2.73 bits per heavy atom. The van der Waals surface area contributed by atoms with Crippen molar-refractivity contribution in [1.82, 2.24) is 0 Å². The van der Waals surface area contributed by atoms with Gasteiger partial charge >= 0.3 is 0 Å². The van der Waals surface area contributed by atoms with E-state index in [1.807, 2.05) is 17.5 Å². The summed E-state index contributed by atoms with van der Waals surface area (Å²) in [4.78, 5) is 0.978. The van der Waals surface area contributed by atoms with Crippen molar-refractivity contribution in [3.63, 3.8) is 0 Å². The fraction of sp³-hybridized carbons (Fsp3) is 0.0909. The molecule has 15 heavy (non-hydrogen) atoms. The molecule has 1 unspecified atom stereocenters. The highest BCUT2D eigenvalue weighted by Gasteiger charge is 2.15. The molecule has 1 heterocycles. The largest absolute Gasteiger partial charge is 0.207 e. The molecule has 0 radical (unpaired) electrons. The van der Waals surface area contributed by atoms with Gasteiger partial charge in [-0.05, 0) is 23.6 Å². The molecule has 0 amide bonds. The molecule has 2 rings (SSSR count). The lowest BCUT2D eigenvalue weighted by molar-refractivity contribution is 0.614. The lowest BCUT2D eigenvalue weighted by Crippen LogP contribution is -1.93. The predicted octanol–water partition coefficient (Wildman–Crippen LogP) is 5.02. The summed E-state index contributed by atoms with van der Waals surface area (Å²) in [6, 6.07) is 8.65. The zero-order valence-electron chi connectivity index (χ0n) is 7.58. The van der Waals surface area contributed by atoms with Crippen LogP contribution in [0.4, 0.5) is 4.39 Å². The number of halogens is 3. The number of hydrogen-bond donors (Lipinski definition) is 0. The van der Waals surface area contributed by atoms with Crippen molar-refractivity contribution in [2.45, 2.75) is 4.83 Å². The molecule has 0 fully saturated rings. The van der Waals surface area contributed by atoms with E-state index in [0.717, 1.165) is 4.88 Å². The van der Waals surface area contributed by atoms with Crippen molar-refractivity contribution in [2.24, 2.45) is 0 Å². The van der Waals surface area contributed by atoms with Crippen LogP contribution in [-0.4, -0.2) is 0 Å². The van der Waals surface area contributed by atoms with Crippen LogP contribution in [0.3, 0.4) is 0 Å². The molecule has 0 aliphatic rings. The zero-order chi connectivity index (χ0) is 10.8. The van der Waals surface area contributed by atoms with Crippen LogP contribution in [0.1, 0.15) is 15.3 Å². The van der Waals surface area contributed by atoms with Gasteiger partial charge in [-0.15, -0.1) is 11.3 Å². The Bertz CT molecular complexity index is 456. The molecule has 78 valence electrons. The van der Waals surface area contributed by atoms with Gasteiger partial charge in [0.25, 0.3) is 0 Å². The maximum absolute atomic E-state index is 13.6. The molecule has 0 nitrogen and oxygen atoms in total. The van der Waals surface area contributed by atoms with Crippen LogP contribution in [0.5, 0.6) is 0 Å². The molecule has 1 aromatic carbocycles. The van der Waals surface area contributed by atoms with Crippen LogP contribution in [0.25, 0.3) is 0 Å². The number of thiophene rings is 1. The van der Waals surface area contributed by atoms with Gasteiger partial charge in [-0.1, -0.05) is 39.7 Å². The summed E-state index contributed by atoms with van der Waals surface area (Å²) in [6.45, 7) is 0. The Balaban J connectivity index is 2.38. The predicted molar refractivity (Wildman–Crippen MR) is 66.5 cm³/mol. The third-order valence-electron chi connectivity index (χ3n) is 2.03. The summed E-state index contributed by atoms with van der Waals surface area (Å²) < 4.78 is 13.6. The standard InChI is InChI=1S/C11H7BrClFS/c12-11(10-2-1-5-15-10)8-4-3-7(13)6-9(8)14/h1-6,11H. The summed E-state index contributed by atoms with van der Waals surface area (Å²) in [5, 5.41) is 2.39. The van der Waals surface area contributed by atoms with E-state index in [1.54, 1.807) is 23.5 Å². The van der Waals surface area contributed by atoms with E-state index in [2.05, 4.69) is 15.9 Å². The fourth-order valence-corrected chi connectivity index (χ4v) is 3.02. The maximum Gasteiger partial charge on any atom is 0.129 e. The molecule has 0 spiro atoms. The Kier molecular flexibility index (Phi) is 3.44. The van der Waals surface area contributed by atoms with E-state index in [9.17, 15) is 4.39 Å². The number of hydrogen-bond acceptors (Lipinski definition) is 1. The molecule has 1 aromatic heterocycles. The van der Waals surface area contributed by atoms with Crippen molar-refractivity contribution < 1.29 is 4.39 Å².